The van der Waals surface area contributed by atoms with Crippen LogP contribution >= 0.6 is 0 Å². The van der Waals surface area contributed by atoms with Gasteiger partial charge in [0.2, 0.25) is 0 Å². The summed E-state index contributed by atoms with van der Waals surface area (Å²) in [4.78, 5) is 16.8. The van der Waals surface area contributed by atoms with Crippen LogP contribution in [0.15, 0.2) is 24.4 Å². The molecule has 0 atom stereocenters. The van der Waals surface area contributed by atoms with Crippen LogP contribution in [0.4, 0.5) is 5.69 Å². The van der Waals surface area contributed by atoms with Gasteiger partial charge in [0.05, 0.1) is 7.11 Å². The van der Waals surface area contributed by atoms with Gasteiger partial charge in [-0.1, -0.05) is 0 Å². The molecule has 1 amide bonds. The third-order valence-electron chi connectivity index (χ3n) is 3.82. The minimum absolute atomic E-state index is 0.162. The molecule has 0 saturated carbocycles. The summed E-state index contributed by atoms with van der Waals surface area (Å²) in [6.07, 6.45) is 5.11. The largest absolute Gasteiger partial charge is 0.497 e. The van der Waals surface area contributed by atoms with Crippen LogP contribution in [-0.2, 0) is 13.0 Å². The van der Waals surface area contributed by atoms with Crippen molar-refractivity contribution in [2.45, 2.75) is 32.7 Å². The third kappa shape index (κ3) is 2.77. The van der Waals surface area contributed by atoms with Crippen LogP contribution in [-0.4, -0.2) is 22.6 Å². The third-order valence-corrected chi connectivity index (χ3v) is 3.82. The summed E-state index contributed by atoms with van der Waals surface area (Å²) in [5.74, 6) is 1.63. The smallest absolute Gasteiger partial charge is 0.275 e. The fourth-order valence-electron chi connectivity index (χ4n) is 2.61. The fraction of sp³-hybridized carbons (Fsp3) is 0.375. The number of nitrogens with zero attached hydrogens (tertiary/aromatic N) is 2. The summed E-state index contributed by atoms with van der Waals surface area (Å²) < 4.78 is 7.25. The second-order valence-electron chi connectivity index (χ2n) is 5.33. The lowest BCUT2D eigenvalue weighted by Crippen LogP contribution is -2.13. The molecule has 0 fully saturated rings. The van der Waals surface area contributed by atoms with E-state index in [2.05, 4.69) is 14.9 Å². The number of aryl methyl sites for hydroxylation is 3. The normalized spacial score (nSPS) is 13.6. The molecule has 0 unspecified atom stereocenters. The molecule has 2 aromatic rings. The fourth-order valence-corrected chi connectivity index (χ4v) is 2.61. The number of ether oxygens (including phenoxy) is 1. The number of amides is 1. The van der Waals surface area contributed by atoms with E-state index in [-0.39, 0.29) is 5.91 Å². The van der Waals surface area contributed by atoms with Crippen LogP contribution in [0.25, 0.3) is 0 Å². The van der Waals surface area contributed by atoms with Gasteiger partial charge in [-0.15, -0.1) is 0 Å². The summed E-state index contributed by atoms with van der Waals surface area (Å²) in [5, 5.41) is 2.92. The van der Waals surface area contributed by atoms with Crippen molar-refractivity contribution >= 4 is 11.6 Å². The van der Waals surface area contributed by atoms with Gasteiger partial charge >= 0.3 is 0 Å². The molecule has 5 heteroatoms. The molecule has 1 aliphatic rings. The molecular formula is C16H19N3O2. The first kappa shape index (κ1) is 13.7. The van der Waals surface area contributed by atoms with Crippen molar-refractivity contribution in [2.24, 2.45) is 0 Å². The highest BCUT2D eigenvalue weighted by Crippen LogP contribution is 2.22. The standard InChI is InChI=1S/C16H19N3O2/c1-11-9-12(21-2)6-7-13(11)18-16(20)14-10-19-8-4-3-5-15(19)17-14/h6-7,9-10H,3-5,8H2,1-2H3,(H,18,20). The number of aromatic nitrogens is 2. The van der Waals surface area contributed by atoms with Crippen molar-refractivity contribution in [1.82, 2.24) is 9.55 Å². The Morgan fingerprint density at radius 2 is 2.24 bits per heavy atom. The summed E-state index contributed by atoms with van der Waals surface area (Å²) in [6, 6.07) is 5.58. The lowest BCUT2D eigenvalue weighted by Gasteiger charge is -2.11. The molecule has 1 aliphatic heterocycles. The Bertz CT molecular complexity index is 653. The molecule has 2 heterocycles. The number of imidazole rings is 1. The van der Waals surface area contributed by atoms with Gasteiger partial charge < -0.3 is 14.6 Å². The predicted octanol–water partition coefficient (Wildman–Crippen LogP) is 2.79. The van der Waals surface area contributed by atoms with Gasteiger partial charge in [-0.05, 0) is 43.5 Å². The summed E-state index contributed by atoms with van der Waals surface area (Å²) in [7, 11) is 1.63. The van der Waals surface area contributed by atoms with Crippen molar-refractivity contribution in [3.8, 4) is 5.75 Å². The quantitative estimate of drug-likeness (QED) is 0.943. The predicted molar refractivity (Wildman–Crippen MR) is 80.8 cm³/mol. The molecule has 0 saturated heterocycles. The zero-order valence-corrected chi connectivity index (χ0v) is 12.3. The van der Waals surface area contributed by atoms with Crippen molar-refractivity contribution < 1.29 is 9.53 Å². The van der Waals surface area contributed by atoms with Gasteiger partial charge in [-0.25, -0.2) is 4.98 Å². The molecule has 3 rings (SSSR count). The molecule has 110 valence electrons. The number of anilines is 1. The monoisotopic (exact) mass is 285 g/mol. The second kappa shape index (κ2) is 5.60. The molecule has 0 spiro atoms. The van der Waals surface area contributed by atoms with E-state index in [9.17, 15) is 4.79 Å². The minimum Gasteiger partial charge on any atom is -0.497 e. The summed E-state index contributed by atoms with van der Waals surface area (Å²) in [5.41, 5.74) is 2.24. The number of fused-ring (bicyclic) bond motifs is 1. The van der Waals surface area contributed by atoms with Crippen molar-refractivity contribution in [1.29, 1.82) is 0 Å². The number of carbonyl (C=O) groups is 1. The van der Waals surface area contributed by atoms with Crippen LogP contribution in [0, 0.1) is 6.92 Å². The molecule has 0 bridgehead atoms. The van der Waals surface area contributed by atoms with E-state index >= 15 is 0 Å². The van der Waals surface area contributed by atoms with Crippen LogP contribution in [0.5, 0.6) is 5.75 Å². The average Bonchev–Trinajstić information content (AvgIpc) is 2.93. The van der Waals surface area contributed by atoms with Gasteiger partial charge in [0.1, 0.15) is 17.3 Å². The van der Waals surface area contributed by atoms with Crippen LogP contribution in [0.2, 0.25) is 0 Å². The van der Waals surface area contributed by atoms with E-state index in [0.29, 0.717) is 5.69 Å². The number of methoxy groups -OCH3 is 1. The zero-order chi connectivity index (χ0) is 14.8. The number of carbonyl (C=O) groups excluding carboxylic acids is 1. The Kier molecular flexibility index (Phi) is 3.64. The molecule has 5 nitrogen and oxygen atoms in total. The maximum Gasteiger partial charge on any atom is 0.275 e. The van der Waals surface area contributed by atoms with Crippen LogP contribution in [0.3, 0.4) is 0 Å². The Morgan fingerprint density at radius 1 is 1.38 bits per heavy atom. The van der Waals surface area contributed by atoms with E-state index < -0.39 is 0 Å². The van der Waals surface area contributed by atoms with Crippen molar-refractivity contribution in [3.63, 3.8) is 0 Å². The molecule has 1 N–H and O–H groups in total. The topological polar surface area (TPSA) is 56.1 Å². The number of nitrogens with one attached hydrogen (secondary N) is 1. The highest BCUT2D eigenvalue weighted by atomic mass is 16.5. The molecule has 1 aromatic heterocycles. The Labute approximate surface area is 124 Å². The number of hydrogen-bond donors (Lipinski definition) is 1. The lowest BCUT2D eigenvalue weighted by atomic mass is 10.2. The molecule has 0 radical (unpaired) electrons. The van der Waals surface area contributed by atoms with E-state index in [1.54, 1.807) is 7.11 Å². The second-order valence-corrected chi connectivity index (χ2v) is 5.33. The lowest BCUT2D eigenvalue weighted by molar-refractivity contribution is 0.102. The van der Waals surface area contributed by atoms with E-state index in [1.807, 2.05) is 31.3 Å². The molecule has 0 aliphatic carbocycles. The first-order valence-electron chi connectivity index (χ1n) is 7.19. The van der Waals surface area contributed by atoms with Crippen LogP contribution < -0.4 is 10.1 Å². The van der Waals surface area contributed by atoms with Crippen molar-refractivity contribution in [3.05, 3.63) is 41.5 Å². The maximum absolute atomic E-state index is 12.3. The van der Waals surface area contributed by atoms with Gasteiger partial charge in [0.25, 0.3) is 5.91 Å². The highest BCUT2D eigenvalue weighted by molar-refractivity contribution is 6.03. The Balaban J connectivity index is 1.78. The zero-order valence-electron chi connectivity index (χ0n) is 12.3. The number of benzene rings is 1. The van der Waals surface area contributed by atoms with Gasteiger partial charge in [-0.2, -0.15) is 0 Å². The molecule has 1 aromatic carbocycles. The van der Waals surface area contributed by atoms with Crippen molar-refractivity contribution in [2.75, 3.05) is 12.4 Å². The van der Waals surface area contributed by atoms with Gasteiger partial charge in [-0.3, -0.25) is 4.79 Å². The Morgan fingerprint density at radius 3 is 2.95 bits per heavy atom. The first-order chi connectivity index (χ1) is 10.2. The van der Waals surface area contributed by atoms with E-state index in [0.717, 1.165) is 48.6 Å². The van der Waals surface area contributed by atoms with E-state index in [4.69, 9.17) is 4.74 Å². The summed E-state index contributed by atoms with van der Waals surface area (Å²) in [6.45, 7) is 2.90. The highest BCUT2D eigenvalue weighted by Gasteiger charge is 2.17. The van der Waals surface area contributed by atoms with Gasteiger partial charge in [0.15, 0.2) is 0 Å². The van der Waals surface area contributed by atoms with E-state index in [1.165, 1.54) is 0 Å². The van der Waals surface area contributed by atoms with Gasteiger partial charge in [0, 0.05) is 24.8 Å². The number of hydrogen-bond acceptors (Lipinski definition) is 3. The molecule has 21 heavy (non-hydrogen) atoms. The average molecular weight is 285 g/mol. The maximum atomic E-state index is 12.3. The Hall–Kier alpha value is -2.30. The first-order valence-corrected chi connectivity index (χ1v) is 7.19. The number of rotatable bonds is 3. The van der Waals surface area contributed by atoms with Crippen LogP contribution in [0.1, 0.15) is 34.7 Å². The minimum atomic E-state index is -0.162. The molecular weight excluding hydrogens is 266 g/mol. The summed E-state index contributed by atoms with van der Waals surface area (Å²) >= 11 is 0. The SMILES string of the molecule is COc1ccc(NC(=O)c2cn3c(n2)CCCC3)c(C)c1.